The van der Waals surface area contributed by atoms with Crippen molar-refractivity contribution >= 4 is 37.6 Å². The van der Waals surface area contributed by atoms with E-state index in [4.69, 9.17) is 10.1 Å². The van der Waals surface area contributed by atoms with Crippen molar-refractivity contribution in [2.24, 2.45) is 0 Å². The van der Waals surface area contributed by atoms with Crippen molar-refractivity contribution in [3.05, 3.63) is 53.6 Å². The van der Waals surface area contributed by atoms with Crippen LogP contribution >= 0.6 is 0 Å². The molecule has 3 heterocycles. The van der Waals surface area contributed by atoms with Gasteiger partial charge >= 0.3 is 6.18 Å². The van der Waals surface area contributed by atoms with Crippen LogP contribution in [0.15, 0.2) is 36.5 Å². The predicted molar refractivity (Wildman–Crippen MR) is 139 cm³/mol. The maximum atomic E-state index is 15.5. The number of halogens is 4. The summed E-state index contributed by atoms with van der Waals surface area (Å²) >= 11 is 0. The van der Waals surface area contributed by atoms with Crippen LogP contribution < -0.4 is 15.4 Å². The number of carbonyl (C=O) groups excluding carboxylic acids is 1. The van der Waals surface area contributed by atoms with Gasteiger partial charge < -0.3 is 15.4 Å². The largest absolute Gasteiger partial charge is 0.495 e. The number of pyridine rings is 1. The van der Waals surface area contributed by atoms with Gasteiger partial charge in [-0.25, -0.2) is 30.5 Å². The van der Waals surface area contributed by atoms with E-state index in [-0.39, 0.29) is 16.9 Å². The van der Waals surface area contributed by atoms with E-state index in [1.165, 1.54) is 38.4 Å². The van der Waals surface area contributed by atoms with Crippen LogP contribution in [0, 0.1) is 11.2 Å². The third-order valence-corrected chi connectivity index (χ3v) is 11.8. The number of benzene rings is 1. The lowest BCUT2D eigenvalue weighted by Crippen LogP contribution is -2.74. The number of nitrogens with zero attached hydrogens (tertiary/aromatic N) is 3. The Morgan fingerprint density at radius 1 is 1.27 bits per heavy atom. The minimum atomic E-state index is -5.09. The van der Waals surface area contributed by atoms with Gasteiger partial charge in [0.2, 0.25) is 26.0 Å². The summed E-state index contributed by atoms with van der Waals surface area (Å²) in [7, 11) is -7.23. The molecular formula is C23H26F4N6O6S2. The molecule has 2 aromatic rings. The Hall–Kier alpha value is -3.51. The van der Waals surface area contributed by atoms with Crippen LogP contribution in [0.2, 0.25) is 0 Å². The standard InChI is InChI=1S/C23H26F4N6O6S2/c1-21(16-10-14(4-6-17(16)24)30-19(34)18-7-5-15(39-3)11-29-18)22(41(37,38)32(2)20(28)31-21)8-9-33(12-22)40(35,36)13-23(25,26)27/h4-7,10-11H,8-9,12-13H2,1-3H3,(H2,28,31)(H,30,34)/t21-,22+/m1/s1. The number of hydrogen-bond donors (Lipinski definition) is 3. The van der Waals surface area contributed by atoms with Gasteiger partial charge in [-0.1, -0.05) is 0 Å². The molecule has 1 aromatic carbocycles. The number of anilines is 1. The summed E-state index contributed by atoms with van der Waals surface area (Å²) in [6.45, 7) is -0.320. The van der Waals surface area contributed by atoms with Crippen LogP contribution in [0.5, 0.6) is 5.75 Å². The topological polar surface area (TPSA) is 162 Å². The first kappa shape index (κ1) is 30.4. The summed E-state index contributed by atoms with van der Waals surface area (Å²) in [5, 5.41) is 13.4. The third kappa shape index (κ3) is 5.19. The number of alkyl halides is 3. The Balaban J connectivity index is 1.78. The number of aromatic nitrogens is 1. The molecule has 0 saturated carbocycles. The minimum Gasteiger partial charge on any atom is -0.495 e. The van der Waals surface area contributed by atoms with E-state index in [1.54, 1.807) is 0 Å². The highest BCUT2D eigenvalue weighted by molar-refractivity contribution is 7.91. The molecule has 2 atom stereocenters. The SMILES string of the molecule is COc1ccc(C(=O)Nc2ccc(F)c([C@@]3(C)NC(=N)N(C)S(=O)(=O)[C@]34CCN(S(=O)(=O)CC(F)(F)F)C4)c2)nc1. The first-order chi connectivity index (χ1) is 18.9. The van der Waals surface area contributed by atoms with Crippen LogP contribution in [-0.2, 0) is 25.6 Å². The van der Waals surface area contributed by atoms with Crippen molar-refractivity contribution in [1.82, 2.24) is 18.9 Å². The van der Waals surface area contributed by atoms with Gasteiger partial charge in [0.15, 0.2) is 5.75 Å². The van der Waals surface area contributed by atoms with Crippen molar-refractivity contribution in [3.63, 3.8) is 0 Å². The molecule has 18 heteroatoms. The molecule has 224 valence electrons. The van der Waals surface area contributed by atoms with Crippen molar-refractivity contribution in [2.75, 3.05) is 38.3 Å². The molecule has 2 aliphatic heterocycles. The molecule has 0 radical (unpaired) electrons. The smallest absolute Gasteiger partial charge is 0.404 e. The summed E-state index contributed by atoms with van der Waals surface area (Å²) in [5.41, 5.74) is -2.46. The molecule has 2 aliphatic rings. The molecule has 0 unspecified atom stereocenters. The number of ether oxygens (including phenoxy) is 1. The Bertz CT molecular complexity index is 1600. The van der Waals surface area contributed by atoms with Crippen molar-refractivity contribution in [1.29, 1.82) is 5.41 Å². The molecule has 3 N–H and O–H groups in total. The van der Waals surface area contributed by atoms with E-state index in [0.717, 1.165) is 19.2 Å². The molecule has 1 spiro atoms. The van der Waals surface area contributed by atoms with Gasteiger partial charge in [-0.05, 0) is 43.7 Å². The highest BCUT2D eigenvalue weighted by Gasteiger charge is 2.68. The van der Waals surface area contributed by atoms with Gasteiger partial charge in [-0.3, -0.25) is 10.2 Å². The number of amides is 1. The average Bonchev–Trinajstić information content (AvgIpc) is 3.36. The third-order valence-electron chi connectivity index (χ3n) is 7.35. The second kappa shape index (κ2) is 10.1. The monoisotopic (exact) mass is 622 g/mol. The summed E-state index contributed by atoms with van der Waals surface area (Å²) < 4.78 is 111. The van der Waals surface area contributed by atoms with Crippen molar-refractivity contribution < 1.29 is 43.9 Å². The number of methoxy groups -OCH3 is 1. The van der Waals surface area contributed by atoms with E-state index in [1.807, 2.05) is 0 Å². The van der Waals surface area contributed by atoms with Crippen LogP contribution in [0.3, 0.4) is 0 Å². The number of carbonyl (C=O) groups is 1. The Morgan fingerprint density at radius 3 is 2.54 bits per heavy atom. The van der Waals surface area contributed by atoms with Crippen LogP contribution in [0.1, 0.15) is 29.4 Å². The second-order valence-corrected chi connectivity index (χ2v) is 14.0. The van der Waals surface area contributed by atoms with E-state index in [9.17, 15) is 34.8 Å². The zero-order chi connectivity index (χ0) is 30.6. The van der Waals surface area contributed by atoms with Gasteiger partial charge in [0.1, 0.15) is 22.0 Å². The molecular weight excluding hydrogens is 596 g/mol. The lowest BCUT2D eigenvalue weighted by molar-refractivity contribution is -0.107. The number of sulfonamides is 2. The molecule has 1 amide bonds. The molecule has 4 rings (SSSR count). The first-order valence-electron chi connectivity index (χ1n) is 11.9. The highest BCUT2D eigenvalue weighted by Crippen LogP contribution is 2.50. The molecule has 2 saturated heterocycles. The maximum Gasteiger partial charge on any atom is 0.404 e. The highest BCUT2D eigenvalue weighted by atomic mass is 32.2. The molecule has 0 aliphatic carbocycles. The predicted octanol–water partition coefficient (Wildman–Crippen LogP) is 1.83. The quantitative estimate of drug-likeness (QED) is 0.411. The van der Waals surface area contributed by atoms with Crippen molar-refractivity contribution in [3.8, 4) is 5.75 Å². The Labute approximate surface area is 233 Å². The molecule has 2 fully saturated rings. The van der Waals surface area contributed by atoms with E-state index in [0.29, 0.717) is 14.4 Å². The molecule has 0 bridgehead atoms. The first-order valence-corrected chi connectivity index (χ1v) is 14.9. The Morgan fingerprint density at radius 2 is 1.95 bits per heavy atom. The minimum absolute atomic E-state index is 0.00426. The normalized spacial score (nSPS) is 24.8. The van der Waals surface area contributed by atoms with E-state index < -0.39 is 79.5 Å². The zero-order valence-electron chi connectivity index (χ0n) is 21.9. The van der Waals surface area contributed by atoms with Gasteiger partial charge in [-0.2, -0.15) is 17.5 Å². The van der Waals surface area contributed by atoms with Gasteiger partial charge in [-0.15, -0.1) is 0 Å². The maximum absolute atomic E-state index is 15.5. The van der Waals surface area contributed by atoms with Crippen LogP contribution in [0.4, 0.5) is 23.2 Å². The number of rotatable bonds is 6. The van der Waals surface area contributed by atoms with E-state index >= 15 is 4.39 Å². The van der Waals surface area contributed by atoms with Crippen LogP contribution in [-0.4, -0.2) is 86.2 Å². The number of guanidine groups is 1. The molecule has 12 nitrogen and oxygen atoms in total. The second-order valence-electron chi connectivity index (χ2n) is 9.75. The average molecular weight is 623 g/mol. The molecule has 41 heavy (non-hydrogen) atoms. The Kier molecular flexibility index (Phi) is 7.49. The molecule has 1 aromatic heterocycles. The lowest BCUT2D eigenvalue weighted by Gasteiger charge is -2.52. The number of nitrogens with one attached hydrogen (secondary N) is 3. The van der Waals surface area contributed by atoms with Gasteiger partial charge in [0.25, 0.3) is 5.91 Å². The van der Waals surface area contributed by atoms with Crippen molar-refractivity contribution in [2.45, 2.75) is 29.8 Å². The summed E-state index contributed by atoms with van der Waals surface area (Å²) in [6.07, 6.45) is -4.30. The summed E-state index contributed by atoms with van der Waals surface area (Å²) in [4.78, 5) is 16.7. The van der Waals surface area contributed by atoms with E-state index in [2.05, 4.69) is 15.6 Å². The fourth-order valence-electron chi connectivity index (χ4n) is 5.10. The number of hydrogen-bond acceptors (Lipinski definition) is 8. The van der Waals surface area contributed by atoms with Gasteiger partial charge in [0, 0.05) is 31.4 Å². The lowest BCUT2D eigenvalue weighted by atomic mass is 9.77. The van der Waals surface area contributed by atoms with Gasteiger partial charge in [0.05, 0.1) is 18.8 Å². The summed E-state index contributed by atoms with van der Waals surface area (Å²) in [5.74, 6) is -4.16. The zero-order valence-corrected chi connectivity index (χ0v) is 23.5. The van der Waals surface area contributed by atoms with Crippen LogP contribution in [0.25, 0.3) is 0 Å². The summed E-state index contributed by atoms with van der Waals surface area (Å²) in [6, 6.07) is 6.11. The fourth-order valence-corrected chi connectivity index (χ4v) is 8.72. The fraction of sp³-hybridized carbons (Fsp3) is 0.435.